The lowest BCUT2D eigenvalue weighted by atomic mass is 10.4. The Kier molecular flexibility index (Phi) is 5.69. The molecule has 0 fully saturated rings. The number of rotatable bonds is 6. The lowest BCUT2D eigenvalue weighted by Gasteiger charge is -2.30. The van der Waals surface area contributed by atoms with Crippen molar-refractivity contribution in [2.24, 2.45) is 5.73 Å². The summed E-state index contributed by atoms with van der Waals surface area (Å²) in [6.45, 7) is 5.58. The largest absolute Gasteiger partial charge is 0.399 e. The fourth-order valence-corrected chi connectivity index (χ4v) is 2.85. The minimum absolute atomic E-state index is 0.0666. The summed E-state index contributed by atoms with van der Waals surface area (Å²) in [6.07, 6.45) is 0. The van der Waals surface area contributed by atoms with Crippen LogP contribution in [0, 0.1) is 0 Å². The van der Waals surface area contributed by atoms with Crippen LogP contribution in [0.25, 0.3) is 0 Å². The predicted molar refractivity (Wildman–Crippen MR) is 52.3 cm³/mol. The number of nitrogens with one attached hydrogen (secondary N) is 1. The molecule has 0 rings (SSSR count). The molecule has 0 radical (unpaired) electrons. The van der Waals surface area contributed by atoms with Gasteiger partial charge < -0.3 is 19.9 Å². The molecule has 0 heterocycles. The molecule has 0 aromatic carbocycles. The summed E-state index contributed by atoms with van der Waals surface area (Å²) >= 11 is 0. The quantitative estimate of drug-likeness (QED) is 0.550. The first-order chi connectivity index (χ1) is 5.58. The monoisotopic (exact) mass is 192 g/mol. The van der Waals surface area contributed by atoms with Crippen LogP contribution in [0.2, 0.25) is 0 Å². The molecule has 74 valence electrons. The van der Waals surface area contributed by atoms with Crippen LogP contribution in [0.1, 0.15) is 13.8 Å². The summed E-state index contributed by atoms with van der Waals surface area (Å²) in [7, 11) is 1.77. The van der Waals surface area contributed by atoms with Gasteiger partial charge in [-0.05, 0) is 13.8 Å². The van der Waals surface area contributed by atoms with E-state index in [9.17, 15) is 0 Å². The van der Waals surface area contributed by atoms with E-state index in [1.165, 1.54) is 0 Å². The Hall–Kier alpha value is 0.0569. The second-order valence-corrected chi connectivity index (χ2v) is 6.29. The maximum Gasteiger partial charge on any atom is 0.341 e. The van der Waals surface area contributed by atoms with E-state index in [-0.39, 0.29) is 5.16 Å². The molecule has 5 heteroatoms. The van der Waals surface area contributed by atoms with Crippen LogP contribution in [0.15, 0.2) is 0 Å². The topological polar surface area (TPSA) is 56.5 Å². The summed E-state index contributed by atoms with van der Waals surface area (Å²) < 4.78 is 10.5. The van der Waals surface area contributed by atoms with Gasteiger partial charge in [0.15, 0.2) is 0 Å². The molecule has 0 bridgehead atoms. The Morgan fingerprint density at radius 1 is 1.33 bits per heavy atom. The van der Waals surface area contributed by atoms with Gasteiger partial charge in [0, 0.05) is 27.3 Å². The zero-order chi connectivity index (χ0) is 9.61. The van der Waals surface area contributed by atoms with E-state index in [0.717, 1.165) is 6.54 Å². The van der Waals surface area contributed by atoms with Crippen LogP contribution >= 0.6 is 0 Å². The van der Waals surface area contributed by atoms with Gasteiger partial charge in [-0.25, -0.2) is 0 Å². The molecule has 3 N–H and O–H groups in total. The molecular formula is C7H20N2O2Si. The van der Waals surface area contributed by atoms with Crippen molar-refractivity contribution in [3.63, 3.8) is 0 Å². The van der Waals surface area contributed by atoms with Gasteiger partial charge in [0.2, 0.25) is 0 Å². The fraction of sp³-hybridized carbons (Fsp3) is 1.00. The maximum atomic E-state index is 5.39. The van der Waals surface area contributed by atoms with E-state index in [0.29, 0.717) is 6.54 Å². The number of nitrogens with two attached hydrogens (primary N) is 1. The van der Waals surface area contributed by atoms with Crippen molar-refractivity contribution in [2.45, 2.75) is 19.0 Å². The number of hydrogen-bond acceptors (Lipinski definition) is 4. The van der Waals surface area contributed by atoms with Crippen LogP contribution < -0.4 is 11.1 Å². The third kappa shape index (κ3) is 3.64. The molecular weight excluding hydrogens is 172 g/mol. The standard InChI is InChI=1S/C7H20N2O2Si/c1-7(2,9-6-5-8)12(10-3)11-4/h9,12H,5-6,8H2,1-4H3. The van der Waals surface area contributed by atoms with Crippen LogP contribution in [0.5, 0.6) is 0 Å². The third-order valence-electron chi connectivity index (χ3n) is 1.74. The molecule has 0 aliphatic heterocycles. The van der Waals surface area contributed by atoms with Crippen LogP contribution in [0.3, 0.4) is 0 Å². The van der Waals surface area contributed by atoms with Gasteiger partial charge in [0.05, 0.1) is 5.16 Å². The van der Waals surface area contributed by atoms with Gasteiger partial charge in [-0.2, -0.15) is 0 Å². The second kappa shape index (κ2) is 5.66. The highest BCUT2D eigenvalue weighted by Crippen LogP contribution is 2.08. The smallest absolute Gasteiger partial charge is 0.341 e. The van der Waals surface area contributed by atoms with Crippen molar-refractivity contribution in [2.75, 3.05) is 27.3 Å². The highest BCUT2D eigenvalue weighted by Gasteiger charge is 2.31. The molecule has 0 aromatic heterocycles. The average molecular weight is 192 g/mol. The molecule has 0 amide bonds. The minimum Gasteiger partial charge on any atom is -0.399 e. The summed E-state index contributed by atoms with van der Waals surface area (Å²) in [4.78, 5) is 0. The van der Waals surface area contributed by atoms with Crippen molar-refractivity contribution in [3.8, 4) is 0 Å². The van der Waals surface area contributed by atoms with E-state index < -0.39 is 9.28 Å². The highest BCUT2D eigenvalue weighted by molar-refractivity contribution is 6.48. The van der Waals surface area contributed by atoms with Crippen molar-refractivity contribution < 1.29 is 8.85 Å². The minimum atomic E-state index is -1.60. The second-order valence-electron chi connectivity index (χ2n) is 3.24. The van der Waals surface area contributed by atoms with Gasteiger partial charge in [0.1, 0.15) is 0 Å². The summed E-state index contributed by atoms with van der Waals surface area (Å²) in [5.41, 5.74) is 5.39. The van der Waals surface area contributed by atoms with Gasteiger partial charge in [0.25, 0.3) is 0 Å². The predicted octanol–water partition coefficient (Wildman–Crippen LogP) is -0.634. The Balaban J connectivity index is 3.96. The van der Waals surface area contributed by atoms with Crippen molar-refractivity contribution >= 4 is 9.28 Å². The normalized spacial score (nSPS) is 12.5. The van der Waals surface area contributed by atoms with Crippen LogP contribution in [-0.2, 0) is 8.85 Å². The van der Waals surface area contributed by atoms with E-state index in [2.05, 4.69) is 19.2 Å². The van der Waals surface area contributed by atoms with Crippen LogP contribution in [0.4, 0.5) is 0 Å². The average Bonchev–Trinajstić information content (AvgIpc) is 2.03. The van der Waals surface area contributed by atoms with Gasteiger partial charge >= 0.3 is 9.28 Å². The molecule has 0 unspecified atom stereocenters. The first kappa shape index (κ1) is 12.1. The van der Waals surface area contributed by atoms with Gasteiger partial charge in [-0.15, -0.1) is 0 Å². The molecule has 0 aromatic rings. The van der Waals surface area contributed by atoms with E-state index >= 15 is 0 Å². The highest BCUT2D eigenvalue weighted by atomic mass is 28.3. The molecule has 0 aliphatic carbocycles. The maximum absolute atomic E-state index is 5.39. The van der Waals surface area contributed by atoms with E-state index in [1.54, 1.807) is 14.2 Å². The zero-order valence-electron chi connectivity index (χ0n) is 8.39. The lowest BCUT2D eigenvalue weighted by Crippen LogP contribution is -2.55. The molecule has 0 aliphatic rings. The zero-order valence-corrected chi connectivity index (χ0v) is 9.54. The number of hydrogen-bond donors (Lipinski definition) is 2. The first-order valence-corrected chi connectivity index (χ1v) is 5.61. The summed E-state index contributed by atoms with van der Waals surface area (Å²) in [5.74, 6) is 0. The summed E-state index contributed by atoms with van der Waals surface area (Å²) in [5, 5.41) is 3.23. The SMILES string of the molecule is CO[SiH](OC)C(C)(C)NCCN. The molecule has 0 spiro atoms. The van der Waals surface area contributed by atoms with E-state index in [4.69, 9.17) is 14.6 Å². The van der Waals surface area contributed by atoms with E-state index in [1.807, 2.05) is 0 Å². The molecule has 4 nitrogen and oxygen atoms in total. The molecule has 0 atom stereocenters. The summed E-state index contributed by atoms with van der Waals surface area (Å²) in [6, 6.07) is 0. The third-order valence-corrected chi connectivity index (χ3v) is 3.98. The molecule has 0 saturated carbocycles. The fourth-order valence-electron chi connectivity index (χ4n) is 1.16. The van der Waals surface area contributed by atoms with Gasteiger partial charge in [-0.1, -0.05) is 0 Å². The van der Waals surface area contributed by atoms with Crippen molar-refractivity contribution in [3.05, 3.63) is 0 Å². The Morgan fingerprint density at radius 2 is 1.83 bits per heavy atom. The lowest BCUT2D eigenvalue weighted by molar-refractivity contribution is 0.237. The Labute approximate surface area is 76.3 Å². The Morgan fingerprint density at radius 3 is 2.17 bits per heavy atom. The molecule has 12 heavy (non-hydrogen) atoms. The Bertz CT molecular complexity index is 118. The van der Waals surface area contributed by atoms with Crippen LogP contribution in [-0.4, -0.2) is 41.8 Å². The van der Waals surface area contributed by atoms with Gasteiger partial charge in [-0.3, -0.25) is 0 Å². The van der Waals surface area contributed by atoms with Crippen molar-refractivity contribution in [1.29, 1.82) is 0 Å². The molecule has 0 saturated heterocycles. The first-order valence-electron chi connectivity index (χ1n) is 4.09. The van der Waals surface area contributed by atoms with Crippen molar-refractivity contribution in [1.82, 2.24) is 5.32 Å².